The zero-order valence-electron chi connectivity index (χ0n) is 13.6. The third-order valence-electron chi connectivity index (χ3n) is 4.22. The van der Waals surface area contributed by atoms with Gasteiger partial charge in [-0.1, -0.05) is 0 Å². The maximum absolute atomic E-state index is 12.3. The van der Waals surface area contributed by atoms with Gasteiger partial charge in [0, 0.05) is 36.7 Å². The quantitative estimate of drug-likeness (QED) is 0.573. The molecule has 1 aliphatic heterocycles. The van der Waals surface area contributed by atoms with E-state index in [1.54, 1.807) is 12.4 Å². The van der Waals surface area contributed by atoms with Gasteiger partial charge in [-0.05, 0) is 31.5 Å². The number of rotatable bonds is 4. The molecule has 0 bridgehead atoms. The summed E-state index contributed by atoms with van der Waals surface area (Å²) in [5, 5.41) is 10.4. The molecule has 128 valence electrons. The summed E-state index contributed by atoms with van der Waals surface area (Å²) in [5.74, 6) is 1.18. The Morgan fingerprint density at radius 2 is 2.12 bits per heavy atom. The largest absolute Gasteiger partial charge is 0.366 e. The van der Waals surface area contributed by atoms with Gasteiger partial charge < -0.3 is 20.9 Å². The van der Waals surface area contributed by atoms with Crippen LogP contribution in [0.3, 0.4) is 0 Å². The van der Waals surface area contributed by atoms with Gasteiger partial charge in [0.25, 0.3) is 5.56 Å². The van der Waals surface area contributed by atoms with Gasteiger partial charge in [-0.2, -0.15) is 0 Å². The van der Waals surface area contributed by atoms with Gasteiger partial charge in [-0.25, -0.2) is 9.97 Å². The number of hydrogen-bond donors (Lipinski definition) is 4. The third-order valence-corrected chi connectivity index (χ3v) is 4.22. The molecule has 0 aromatic carbocycles. The number of piperidine rings is 1. The summed E-state index contributed by atoms with van der Waals surface area (Å²) in [5.41, 5.74) is 1.19. The van der Waals surface area contributed by atoms with E-state index in [4.69, 9.17) is 0 Å². The number of fused-ring (bicyclic) bond motifs is 1. The molecule has 25 heavy (non-hydrogen) atoms. The van der Waals surface area contributed by atoms with Crippen LogP contribution in [-0.2, 0) is 0 Å². The highest BCUT2D eigenvalue weighted by Gasteiger charge is 2.16. The minimum Gasteiger partial charge on any atom is -0.366 e. The molecule has 1 atom stereocenters. The molecule has 3 aromatic heterocycles. The molecule has 0 amide bonds. The Balaban J connectivity index is 1.74. The molecule has 8 nitrogen and oxygen atoms in total. The summed E-state index contributed by atoms with van der Waals surface area (Å²) >= 11 is 0. The van der Waals surface area contributed by atoms with Crippen molar-refractivity contribution in [2.75, 3.05) is 23.7 Å². The highest BCUT2D eigenvalue weighted by atomic mass is 16.1. The zero-order chi connectivity index (χ0) is 17.1. The maximum Gasteiger partial charge on any atom is 0.262 e. The molecule has 4 N–H and O–H groups in total. The van der Waals surface area contributed by atoms with Crippen molar-refractivity contribution in [3.05, 3.63) is 47.3 Å². The molecule has 4 rings (SSSR count). The van der Waals surface area contributed by atoms with Crippen LogP contribution in [0.1, 0.15) is 12.8 Å². The standard InChI is InChI=1S/C17H19N7O/c25-17-15-13(20-10-21-17)8-14(22-12-2-1-5-19-9-12)24-16(15)23-11-3-6-18-7-4-11/h3-4,6-8,10,12,19H,1-2,5,9H2,(H,20,21,25)(H2,18,22,23,24)/t12-/m1/s1. The van der Waals surface area contributed by atoms with E-state index in [0.29, 0.717) is 28.6 Å². The molecular formula is C17H19N7O. The molecule has 0 saturated carbocycles. The van der Waals surface area contributed by atoms with E-state index in [1.807, 2.05) is 18.2 Å². The van der Waals surface area contributed by atoms with Gasteiger partial charge in [0.2, 0.25) is 0 Å². The highest BCUT2D eigenvalue weighted by Crippen LogP contribution is 2.24. The van der Waals surface area contributed by atoms with Crippen LogP contribution < -0.4 is 21.5 Å². The molecule has 0 spiro atoms. The van der Waals surface area contributed by atoms with Gasteiger partial charge in [-0.15, -0.1) is 0 Å². The molecule has 4 heterocycles. The Labute approximate surface area is 144 Å². The Morgan fingerprint density at radius 3 is 2.92 bits per heavy atom. The number of aromatic nitrogens is 4. The molecule has 1 aliphatic rings. The fraction of sp³-hybridized carbons (Fsp3) is 0.294. The van der Waals surface area contributed by atoms with E-state index in [1.165, 1.54) is 6.33 Å². The van der Waals surface area contributed by atoms with Crippen molar-refractivity contribution in [3.8, 4) is 0 Å². The normalized spacial score (nSPS) is 17.4. The van der Waals surface area contributed by atoms with E-state index in [2.05, 4.69) is 35.9 Å². The zero-order valence-corrected chi connectivity index (χ0v) is 13.6. The lowest BCUT2D eigenvalue weighted by Crippen LogP contribution is -2.38. The molecule has 1 saturated heterocycles. The van der Waals surface area contributed by atoms with Crippen molar-refractivity contribution in [2.45, 2.75) is 18.9 Å². The first kappa shape index (κ1) is 15.5. The van der Waals surface area contributed by atoms with Crippen LogP contribution in [0.4, 0.5) is 17.3 Å². The first-order chi connectivity index (χ1) is 12.3. The molecule has 3 aromatic rings. The lowest BCUT2D eigenvalue weighted by Gasteiger charge is -2.24. The second kappa shape index (κ2) is 6.86. The van der Waals surface area contributed by atoms with Crippen LogP contribution in [-0.4, -0.2) is 39.1 Å². The predicted molar refractivity (Wildman–Crippen MR) is 97.2 cm³/mol. The van der Waals surface area contributed by atoms with Crippen LogP contribution in [0.15, 0.2) is 41.7 Å². The van der Waals surface area contributed by atoms with E-state index in [0.717, 1.165) is 31.6 Å². The number of nitrogens with one attached hydrogen (secondary N) is 4. The van der Waals surface area contributed by atoms with Crippen LogP contribution in [0.2, 0.25) is 0 Å². The summed E-state index contributed by atoms with van der Waals surface area (Å²) in [6, 6.07) is 5.78. The minimum absolute atomic E-state index is 0.222. The molecule has 0 radical (unpaired) electrons. The maximum atomic E-state index is 12.3. The van der Waals surface area contributed by atoms with Crippen LogP contribution in [0, 0.1) is 0 Å². The predicted octanol–water partition coefficient (Wildman–Crippen LogP) is 1.62. The summed E-state index contributed by atoms with van der Waals surface area (Å²) in [7, 11) is 0. The lowest BCUT2D eigenvalue weighted by atomic mass is 10.1. The Kier molecular flexibility index (Phi) is 4.26. The van der Waals surface area contributed by atoms with Crippen LogP contribution >= 0.6 is 0 Å². The highest BCUT2D eigenvalue weighted by molar-refractivity contribution is 5.91. The number of nitrogens with zero attached hydrogens (tertiary/aromatic N) is 3. The smallest absolute Gasteiger partial charge is 0.262 e. The van der Waals surface area contributed by atoms with E-state index in [9.17, 15) is 4.79 Å². The van der Waals surface area contributed by atoms with Crippen LogP contribution in [0.25, 0.3) is 10.9 Å². The monoisotopic (exact) mass is 337 g/mol. The molecule has 0 unspecified atom stereocenters. The van der Waals surface area contributed by atoms with Crippen molar-refractivity contribution in [1.82, 2.24) is 25.3 Å². The average Bonchev–Trinajstić information content (AvgIpc) is 2.63. The third kappa shape index (κ3) is 3.43. The number of aromatic amines is 1. The summed E-state index contributed by atoms with van der Waals surface area (Å²) in [6.07, 6.45) is 6.99. The second-order valence-electron chi connectivity index (χ2n) is 6.03. The van der Waals surface area contributed by atoms with Crippen molar-refractivity contribution >= 4 is 28.2 Å². The lowest BCUT2D eigenvalue weighted by molar-refractivity contribution is 0.479. The fourth-order valence-electron chi connectivity index (χ4n) is 3.01. The Hall–Kier alpha value is -3.00. The summed E-state index contributed by atoms with van der Waals surface area (Å²) in [6.45, 7) is 1.95. The van der Waals surface area contributed by atoms with E-state index >= 15 is 0 Å². The van der Waals surface area contributed by atoms with Crippen molar-refractivity contribution in [3.63, 3.8) is 0 Å². The number of anilines is 3. The molecule has 1 fully saturated rings. The first-order valence-electron chi connectivity index (χ1n) is 8.32. The van der Waals surface area contributed by atoms with Crippen molar-refractivity contribution in [2.24, 2.45) is 0 Å². The second-order valence-corrected chi connectivity index (χ2v) is 6.03. The van der Waals surface area contributed by atoms with Crippen LogP contribution in [0.5, 0.6) is 0 Å². The van der Waals surface area contributed by atoms with Gasteiger partial charge in [0.1, 0.15) is 17.0 Å². The molecule has 8 heteroatoms. The number of H-pyrrole nitrogens is 1. The number of pyridine rings is 2. The first-order valence-corrected chi connectivity index (χ1v) is 8.32. The van der Waals surface area contributed by atoms with Gasteiger partial charge in [-0.3, -0.25) is 9.78 Å². The fourth-order valence-corrected chi connectivity index (χ4v) is 3.01. The van der Waals surface area contributed by atoms with E-state index < -0.39 is 0 Å². The van der Waals surface area contributed by atoms with Crippen molar-refractivity contribution < 1.29 is 0 Å². The Bertz CT molecular complexity index is 919. The van der Waals surface area contributed by atoms with Gasteiger partial charge >= 0.3 is 0 Å². The van der Waals surface area contributed by atoms with Crippen molar-refractivity contribution in [1.29, 1.82) is 0 Å². The minimum atomic E-state index is -0.222. The Morgan fingerprint density at radius 1 is 1.24 bits per heavy atom. The molecule has 0 aliphatic carbocycles. The molecular weight excluding hydrogens is 318 g/mol. The van der Waals surface area contributed by atoms with Gasteiger partial charge in [0.15, 0.2) is 0 Å². The van der Waals surface area contributed by atoms with Gasteiger partial charge in [0.05, 0.1) is 11.8 Å². The summed E-state index contributed by atoms with van der Waals surface area (Å²) < 4.78 is 0. The number of hydrogen-bond acceptors (Lipinski definition) is 7. The topological polar surface area (TPSA) is 108 Å². The van der Waals surface area contributed by atoms with E-state index in [-0.39, 0.29) is 5.56 Å². The summed E-state index contributed by atoms with van der Waals surface area (Å²) in [4.78, 5) is 27.8. The SMILES string of the molecule is O=c1[nH]cnc2cc(N[C@@H]3CCCNC3)nc(Nc3ccncc3)c12. The average molecular weight is 337 g/mol.